The number of nitrogen functional groups attached to an aromatic ring is 1. The van der Waals surface area contributed by atoms with E-state index in [1.54, 1.807) is 17.8 Å². The minimum atomic E-state index is 0.576. The molecular weight excluding hydrogens is 208 g/mol. The van der Waals surface area contributed by atoms with Gasteiger partial charge in [-0.1, -0.05) is 5.16 Å². The van der Waals surface area contributed by atoms with Crippen LogP contribution in [0.5, 0.6) is 0 Å². The van der Waals surface area contributed by atoms with Crippen LogP contribution in [0.4, 0.5) is 11.5 Å². The van der Waals surface area contributed by atoms with Crippen molar-refractivity contribution in [3.63, 3.8) is 0 Å². The summed E-state index contributed by atoms with van der Waals surface area (Å²) >= 11 is 0. The van der Waals surface area contributed by atoms with Crippen molar-refractivity contribution >= 4 is 11.5 Å². The maximum Gasteiger partial charge on any atom is 0.223 e. The fourth-order valence-electron chi connectivity index (χ4n) is 1.38. The van der Waals surface area contributed by atoms with Crippen molar-refractivity contribution in [1.82, 2.24) is 19.9 Å². The van der Waals surface area contributed by atoms with E-state index in [0.29, 0.717) is 36.2 Å². The highest BCUT2D eigenvalue weighted by Crippen LogP contribution is 2.13. The third-order valence-corrected chi connectivity index (χ3v) is 2.07. The molecule has 16 heavy (non-hydrogen) atoms. The molecule has 7 nitrogen and oxygen atoms in total. The molecule has 2 aromatic rings. The van der Waals surface area contributed by atoms with Gasteiger partial charge in [-0.3, -0.25) is 4.68 Å². The second kappa shape index (κ2) is 4.21. The minimum absolute atomic E-state index is 0.576. The molecule has 2 rings (SSSR count). The van der Waals surface area contributed by atoms with Crippen LogP contribution in [-0.4, -0.2) is 26.5 Å². The van der Waals surface area contributed by atoms with E-state index >= 15 is 0 Å². The number of nitrogens with one attached hydrogen (secondary N) is 1. The fourth-order valence-corrected chi connectivity index (χ4v) is 1.38. The molecule has 0 aliphatic carbocycles. The van der Waals surface area contributed by atoms with Crippen LogP contribution in [-0.2, 0) is 13.5 Å². The molecule has 0 radical (unpaired) electrons. The Morgan fingerprint density at radius 1 is 1.56 bits per heavy atom. The van der Waals surface area contributed by atoms with Crippen molar-refractivity contribution < 1.29 is 4.52 Å². The first-order valence-corrected chi connectivity index (χ1v) is 4.97. The molecule has 2 heterocycles. The number of rotatable bonds is 4. The summed E-state index contributed by atoms with van der Waals surface area (Å²) in [6.07, 6.45) is 2.42. The van der Waals surface area contributed by atoms with Crippen LogP contribution in [0, 0.1) is 6.92 Å². The van der Waals surface area contributed by atoms with Crippen molar-refractivity contribution in [1.29, 1.82) is 0 Å². The van der Waals surface area contributed by atoms with E-state index in [0.717, 1.165) is 0 Å². The van der Waals surface area contributed by atoms with Crippen LogP contribution in [0.15, 0.2) is 10.7 Å². The average molecular weight is 222 g/mol. The largest absolute Gasteiger partial charge is 0.394 e. The molecule has 0 bridgehead atoms. The smallest absolute Gasteiger partial charge is 0.223 e. The summed E-state index contributed by atoms with van der Waals surface area (Å²) in [5, 5.41) is 11.1. The van der Waals surface area contributed by atoms with Crippen molar-refractivity contribution in [2.24, 2.45) is 7.05 Å². The number of aryl methyl sites for hydroxylation is 2. The van der Waals surface area contributed by atoms with Gasteiger partial charge in [0.05, 0.1) is 5.69 Å². The lowest BCUT2D eigenvalue weighted by Gasteiger charge is -2.00. The highest BCUT2D eigenvalue weighted by atomic mass is 16.5. The SMILES string of the molecule is Cc1nc(CCNc2nn(C)cc2N)no1. The molecule has 0 amide bonds. The zero-order valence-electron chi connectivity index (χ0n) is 9.27. The number of nitrogens with zero attached hydrogens (tertiary/aromatic N) is 4. The first kappa shape index (κ1) is 10.5. The van der Waals surface area contributed by atoms with Crippen LogP contribution < -0.4 is 11.1 Å². The number of nitrogens with two attached hydrogens (primary N) is 1. The first-order chi connectivity index (χ1) is 7.65. The zero-order chi connectivity index (χ0) is 11.5. The van der Waals surface area contributed by atoms with Crippen LogP contribution in [0.25, 0.3) is 0 Å². The Morgan fingerprint density at radius 2 is 2.38 bits per heavy atom. The van der Waals surface area contributed by atoms with Gasteiger partial charge in [0.15, 0.2) is 11.6 Å². The lowest BCUT2D eigenvalue weighted by molar-refractivity contribution is 0.387. The van der Waals surface area contributed by atoms with Crippen LogP contribution >= 0.6 is 0 Å². The lowest BCUT2D eigenvalue weighted by atomic mass is 10.4. The molecule has 0 spiro atoms. The molecule has 0 aliphatic rings. The van der Waals surface area contributed by atoms with Gasteiger partial charge in [-0.05, 0) is 0 Å². The second-order valence-corrected chi connectivity index (χ2v) is 3.51. The van der Waals surface area contributed by atoms with Gasteiger partial charge in [-0.15, -0.1) is 0 Å². The van der Waals surface area contributed by atoms with Crippen molar-refractivity contribution in [3.8, 4) is 0 Å². The van der Waals surface area contributed by atoms with Gasteiger partial charge in [-0.25, -0.2) is 0 Å². The van der Waals surface area contributed by atoms with Crippen LogP contribution in [0.2, 0.25) is 0 Å². The third kappa shape index (κ3) is 2.30. The van der Waals surface area contributed by atoms with E-state index in [9.17, 15) is 0 Å². The third-order valence-electron chi connectivity index (χ3n) is 2.07. The highest BCUT2D eigenvalue weighted by molar-refractivity contribution is 5.59. The molecule has 0 unspecified atom stereocenters. The van der Waals surface area contributed by atoms with Crippen LogP contribution in [0.1, 0.15) is 11.7 Å². The van der Waals surface area contributed by atoms with E-state index < -0.39 is 0 Å². The maximum absolute atomic E-state index is 5.73. The molecule has 2 aromatic heterocycles. The van der Waals surface area contributed by atoms with Gasteiger partial charge < -0.3 is 15.6 Å². The van der Waals surface area contributed by atoms with E-state index in [2.05, 4.69) is 20.6 Å². The summed E-state index contributed by atoms with van der Waals surface area (Å²) in [6.45, 7) is 2.43. The molecule has 3 N–H and O–H groups in total. The van der Waals surface area contributed by atoms with Gasteiger partial charge in [0, 0.05) is 33.1 Å². The number of hydrogen-bond donors (Lipinski definition) is 2. The Balaban J connectivity index is 1.86. The van der Waals surface area contributed by atoms with Crippen LogP contribution in [0.3, 0.4) is 0 Å². The predicted octanol–water partition coefficient (Wildman–Crippen LogP) is 0.348. The second-order valence-electron chi connectivity index (χ2n) is 3.51. The summed E-state index contributed by atoms with van der Waals surface area (Å²) in [6, 6.07) is 0. The topological polar surface area (TPSA) is 94.8 Å². The highest BCUT2D eigenvalue weighted by Gasteiger charge is 2.05. The van der Waals surface area contributed by atoms with Crippen molar-refractivity contribution in [2.45, 2.75) is 13.3 Å². The molecule has 0 saturated carbocycles. The standard InChI is InChI=1S/C9H14N6O/c1-6-12-8(14-16-6)3-4-11-9-7(10)5-15(2)13-9/h5H,3-4,10H2,1-2H3,(H,11,13). The summed E-state index contributed by atoms with van der Waals surface area (Å²) in [5.74, 6) is 1.94. The Bertz CT molecular complexity index is 474. The lowest BCUT2D eigenvalue weighted by Crippen LogP contribution is -2.08. The molecular formula is C9H14N6O. The first-order valence-electron chi connectivity index (χ1n) is 4.97. The number of hydrogen-bond acceptors (Lipinski definition) is 6. The number of anilines is 2. The predicted molar refractivity (Wildman–Crippen MR) is 58.8 cm³/mol. The van der Waals surface area contributed by atoms with Crippen molar-refractivity contribution in [2.75, 3.05) is 17.6 Å². The quantitative estimate of drug-likeness (QED) is 0.775. The minimum Gasteiger partial charge on any atom is -0.394 e. The van der Waals surface area contributed by atoms with E-state index in [1.807, 2.05) is 7.05 Å². The Kier molecular flexibility index (Phi) is 2.76. The summed E-state index contributed by atoms with van der Waals surface area (Å²) < 4.78 is 6.52. The van der Waals surface area contributed by atoms with Gasteiger partial charge in [-0.2, -0.15) is 10.1 Å². The van der Waals surface area contributed by atoms with Crippen molar-refractivity contribution in [3.05, 3.63) is 17.9 Å². The normalized spacial score (nSPS) is 10.6. The summed E-state index contributed by atoms with van der Waals surface area (Å²) in [4.78, 5) is 4.09. The monoisotopic (exact) mass is 222 g/mol. The maximum atomic E-state index is 5.73. The van der Waals surface area contributed by atoms with Gasteiger partial charge in [0.25, 0.3) is 0 Å². The molecule has 0 aromatic carbocycles. The fraction of sp³-hybridized carbons (Fsp3) is 0.444. The Morgan fingerprint density at radius 3 is 2.94 bits per heavy atom. The van der Waals surface area contributed by atoms with E-state index in [-0.39, 0.29) is 0 Å². The summed E-state index contributed by atoms with van der Waals surface area (Å²) in [7, 11) is 1.82. The Hall–Kier alpha value is -2.05. The van der Waals surface area contributed by atoms with Gasteiger partial charge in [0.2, 0.25) is 5.89 Å². The van der Waals surface area contributed by atoms with E-state index in [4.69, 9.17) is 10.3 Å². The van der Waals surface area contributed by atoms with Gasteiger partial charge >= 0.3 is 0 Å². The van der Waals surface area contributed by atoms with E-state index in [1.165, 1.54) is 0 Å². The zero-order valence-corrected chi connectivity index (χ0v) is 9.27. The number of aromatic nitrogens is 4. The molecule has 86 valence electrons. The Labute approximate surface area is 92.6 Å². The molecule has 0 aliphatic heterocycles. The molecule has 0 saturated heterocycles. The average Bonchev–Trinajstić information content (AvgIpc) is 2.74. The molecule has 0 atom stereocenters. The summed E-state index contributed by atoms with van der Waals surface area (Å²) in [5.41, 5.74) is 6.36. The molecule has 7 heteroatoms. The molecule has 0 fully saturated rings. The van der Waals surface area contributed by atoms with Gasteiger partial charge in [0.1, 0.15) is 0 Å².